The first-order chi connectivity index (χ1) is 26.2. The predicted octanol–water partition coefficient (Wildman–Crippen LogP) is 15.5. The number of benzene rings is 9. The highest BCUT2D eigenvalue weighted by Gasteiger charge is 2.16. The summed E-state index contributed by atoms with van der Waals surface area (Å²) >= 11 is 3.73. The van der Waals surface area contributed by atoms with E-state index in [1.807, 2.05) is 22.7 Å². The van der Waals surface area contributed by atoms with Crippen LogP contribution in [0, 0.1) is 0 Å². The molecule has 0 radical (unpaired) electrons. The van der Waals surface area contributed by atoms with Gasteiger partial charge >= 0.3 is 0 Å². The summed E-state index contributed by atoms with van der Waals surface area (Å²) in [6.07, 6.45) is 0. The molecule has 11 rings (SSSR count). The van der Waals surface area contributed by atoms with E-state index in [-0.39, 0.29) is 0 Å². The molecule has 0 unspecified atom stereocenters. The van der Waals surface area contributed by atoms with Crippen molar-refractivity contribution in [2.75, 3.05) is 4.90 Å². The molecule has 0 fully saturated rings. The molecule has 3 heteroatoms. The number of nitrogens with zero attached hydrogens (tertiary/aromatic N) is 1. The molecule has 0 saturated carbocycles. The van der Waals surface area contributed by atoms with Gasteiger partial charge in [0.05, 0.1) is 0 Å². The quantitative estimate of drug-likeness (QED) is 0.172. The van der Waals surface area contributed by atoms with Gasteiger partial charge in [0.25, 0.3) is 0 Å². The second-order valence-corrected chi connectivity index (χ2v) is 15.9. The summed E-state index contributed by atoms with van der Waals surface area (Å²) in [6, 6.07) is 69.3. The topological polar surface area (TPSA) is 3.24 Å². The van der Waals surface area contributed by atoms with Gasteiger partial charge in [0.2, 0.25) is 0 Å². The molecule has 2 aromatic heterocycles. The lowest BCUT2D eigenvalue weighted by molar-refractivity contribution is 1.29. The Morgan fingerprint density at radius 2 is 0.849 bits per heavy atom. The average Bonchev–Trinajstić information content (AvgIpc) is 3.78. The molecule has 0 amide bonds. The van der Waals surface area contributed by atoms with Crippen LogP contribution in [0.5, 0.6) is 0 Å². The number of fused-ring (bicyclic) bond motifs is 8. The largest absolute Gasteiger partial charge is 0.310 e. The first-order valence-corrected chi connectivity index (χ1v) is 19.6. The van der Waals surface area contributed by atoms with E-state index >= 15 is 0 Å². The Bertz CT molecular complexity index is 3160. The third-order valence-electron chi connectivity index (χ3n) is 10.6. The van der Waals surface area contributed by atoms with E-state index in [2.05, 4.69) is 193 Å². The zero-order valence-electron chi connectivity index (χ0n) is 28.7. The first kappa shape index (κ1) is 30.4. The van der Waals surface area contributed by atoms with E-state index in [1.54, 1.807) is 0 Å². The maximum absolute atomic E-state index is 2.39. The van der Waals surface area contributed by atoms with Gasteiger partial charge in [-0.25, -0.2) is 0 Å². The number of hydrogen-bond donors (Lipinski definition) is 0. The van der Waals surface area contributed by atoms with Crippen LogP contribution in [0.2, 0.25) is 0 Å². The van der Waals surface area contributed by atoms with E-state index in [0.29, 0.717) is 0 Å². The molecule has 11 aromatic rings. The van der Waals surface area contributed by atoms with Crippen molar-refractivity contribution in [3.8, 4) is 22.3 Å². The van der Waals surface area contributed by atoms with Crippen LogP contribution < -0.4 is 4.90 Å². The number of thiophene rings is 2. The Labute approximate surface area is 315 Å². The molecule has 0 aliphatic heterocycles. The summed E-state index contributed by atoms with van der Waals surface area (Å²) in [5, 5.41) is 10.4. The van der Waals surface area contributed by atoms with E-state index < -0.39 is 0 Å². The molecule has 0 aliphatic rings. The Kier molecular flexibility index (Phi) is 6.97. The Balaban J connectivity index is 1.00. The molecule has 53 heavy (non-hydrogen) atoms. The number of anilines is 3. The van der Waals surface area contributed by atoms with Gasteiger partial charge in [-0.15, -0.1) is 22.7 Å². The third kappa shape index (κ3) is 5.12. The summed E-state index contributed by atoms with van der Waals surface area (Å²) in [5.41, 5.74) is 8.28. The zero-order chi connectivity index (χ0) is 34.9. The summed E-state index contributed by atoms with van der Waals surface area (Å²) in [4.78, 5) is 2.39. The molecule has 0 atom stereocenters. The van der Waals surface area contributed by atoms with Gasteiger partial charge in [0, 0.05) is 57.4 Å². The predicted molar refractivity (Wildman–Crippen MR) is 233 cm³/mol. The van der Waals surface area contributed by atoms with Crippen molar-refractivity contribution in [3.05, 3.63) is 188 Å². The normalized spacial score (nSPS) is 11.8. The molecule has 9 aromatic carbocycles. The molecule has 0 saturated heterocycles. The minimum absolute atomic E-state index is 1.12. The molecule has 248 valence electrons. The molecule has 0 spiro atoms. The summed E-state index contributed by atoms with van der Waals surface area (Å²) < 4.78 is 5.30. The molecule has 0 aliphatic carbocycles. The van der Waals surface area contributed by atoms with Gasteiger partial charge in [0.1, 0.15) is 0 Å². The van der Waals surface area contributed by atoms with Crippen LogP contribution in [0.25, 0.3) is 84.1 Å². The lowest BCUT2D eigenvalue weighted by Gasteiger charge is -2.26. The van der Waals surface area contributed by atoms with Crippen LogP contribution in [0.1, 0.15) is 0 Å². The Hall–Kier alpha value is -6.26. The Morgan fingerprint density at radius 3 is 1.60 bits per heavy atom. The fourth-order valence-corrected chi connectivity index (χ4v) is 10.2. The van der Waals surface area contributed by atoms with E-state index in [4.69, 9.17) is 0 Å². The maximum Gasteiger partial charge on any atom is 0.0468 e. The SMILES string of the molecule is c1ccc2c(-c3ccc(N(c4ccc(-c5ccc6cc7c(cc6c5)sc5ccccc57)cc4)c4ccc5sc6ccccc6c5c4)cc3)cccc2c1. The van der Waals surface area contributed by atoms with Crippen molar-refractivity contribution >= 4 is 102 Å². The van der Waals surface area contributed by atoms with Crippen molar-refractivity contribution in [1.82, 2.24) is 0 Å². The molecule has 0 N–H and O–H groups in total. The standard InChI is InChI=1S/C50H31NS2/c1-2-10-41-33(8-1)9-7-13-42(41)34-20-24-39(25-21-34)51(40-26-27-49-46(31-40)44-12-4-5-14-47(44)52-49)38-22-18-32(19-23-38)35-16-17-36-29-45-43-11-3-6-15-48(43)53-50(45)30-37(36)28-35/h1-31H. The molecular formula is C50H31NS2. The fourth-order valence-electron chi connectivity index (χ4n) is 8.02. The van der Waals surface area contributed by atoms with Crippen molar-refractivity contribution in [1.29, 1.82) is 0 Å². The van der Waals surface area contributed by atoms with Gasteiger partial charge < -0.3 is 4.90 Å². The van der Waals surface area contributed by atoms with Crippen LogP contribution in [-0.4, -0.2) is 0 Å². The summed E-state index contributed by atoms with van der Waals surface area (Å²) in [5.74, 6) is 0. The molecular weight excluding hydrogens is 679 g/mol. The highest BCUT2D eigenvalue weighted by molar-refractivity contribution is 7.26. The van der Waals surface area contributed by atoms with Crippen LogP contribution in [0.4, 0.5) is 17.1 Å². The zero-order valence-corrected chi connectivity index (χ0v) is 30.3. The number of rotatable bonds is 5. The van der Waals surface area contributed by atoms with E-state index in [0.717, 1.165) is 17.1 Å². The summed E-state index contributed by atoms with van der Waals surface area (Å²) in [7, 11) is 0. The minimum atomic E-state index is 1.12. The van der Waals surface area contributed by atoms with Crippen molar-refractivity contribution < 1.29 is 0 Å². The van der Waals surface area contributed by atoms with E-state index in [1.165, 1.54) is 84.1 Å². The highest BCUT2D eigenvalue weighted by atomic mass is 32.1. The van der Waals surface area contributed by atoms with Crippen molar-refractivity contribution in [3.63, 3.8) is 0 Å². The smallest absolute Gasteiger partial charge is 0.0468 e. The van der Waals surface area contributed by atoms with E-state index in [9.17, 15) is 0 Å². The van der Waals surface area contributed by atoms with Crippen molar-refractivity contribution in [2.24, 2.45) is 0 Å². The fraction of sp³-hybridized carbons (Fsp3) is 0. The first-order valence-electron chi connectivity index (χ1n) is 18.0. The van der Waals surface area contributed by atoms with Crippen molar-refractivity contribution in [2.45, 2.75) is 0 Å². The van der Waals surface area contributed by atoms with Gasteiger partial charge in [0.15, 0.2) is 0 Å². The lowest BCUT2D eigenvalue weighted by atomic mass is 9.98. The lowest BCUT2D eigenvalue weighted by Crippen LogP contribution is -2.09. The van der Waals surface area contributed by atoms with Gasteiger partial charge in [-0.05, 0) is 117 Å². The second-order valence-electron chi connectivity index (χ2n) is 13.7. The van der Waals surface area contributed by atoms with Gasteiger partial charge in [-0.1, -0.05) is 115 Å². The van der Waals surface area contributed by atoms with Crippen LogP contribution >= 0.6 is 22.7 Å². The molecule has 0 bridgehead atoms. The maximum atomic E-state index is 2.39. The van der Waals surface area contributed by atoms with Crippen LogP contribution in [0.3, 0.4) is 0 Å². The minimum Gasteiger partial charge on any atom is -0.310 e. The van der Waals surface area contributed by atoms with Crippen LogP contribution in [-0.2, 0) is 0 Å². The third-order valence-corrected chi connectivity index (χ3v) is 12.9. The Morgan fingerprint density at radius 1 is 0.283 bits per heavy atom. The van der Waals surface area contributed by atoms with Gasteiger partial charge in [-0.2, -0.15) is 0 Å². The second kappa shape index (κ2) is 12.2. The van der Waals surface area contributed by atoms with Crippen LogP contribution in [0.15, 0.2) is 188 Å². The highest BCUT2D eigenvalue weighted by Crippen LogP contribution is 2.42. The monoisotopic (exact) mass is 709 g/mol. The average molecular weight is 710 g/mol. The van der Waals surface area contributed by atoms with Gasteiger partial charge in [-0.3, -0.25) is 0 Å². The number of hydrogen-bond acceptors (Lipinski definition) is 3. The molecule has 2 heterocycles. The molecule has 1 nitrogen and oxygen atoms in total. The summed E-state index contributed by atoms with van der Waals surface area (Å²) in [6.45, 7) is 0.